The molecule has 0 radical (unpaired) electrons. The molecule has 0 unspecified atom stereocenters. The Labute approximate surface area is 101 Å². The first kappa shape index (κ1) is 12.6. The first-order valence-electron chi connectivity index (χ1n) is 5.40. The number of hydrogen-bond donors (Lipinski definition) is 1. The highest BCUT2D eigenvalue weighted by Crippen LogP contribution is 2.31. The van der Waals surface area contributed by atoms with Crippen molar-refractivity contribution < 1.29 is 13.2 Å². The van der Waals surface area contributed by atoms with Crippen molar-refractivity contribution in [3.63, 3.8) is 0 Å². The lowest BCUT2D eigenvalue weighted by atomic mass is 10.1. The number of aromatic nitrogens is 2. The molecular weight excluding hydrogens is 253 g/mol. The van der Waals surface area contributed by atoms with Gasteiger partial charge in [0.1, 0.15) is 0 Å². The molecule has 1 aromatic heterocycles. The summed E-state index contributed by atoms with van der Waals surface area (Å²) in [5, 5.41) is 3.47. The zero-order valence-electron chi connectivity index (χ0n) is 9.29. The molecule has 0 atom stereocenters. The predicted octanol–water partition coefficient (Wildman–Crippen LogP) is 1.75. The van der Waals surface area contributed by atoms with Crippen molar-refractivity contribution in [1.29, 1.82) is 0 Å². The summed E-state index contributed by atoms with van der Waals surface area (Å²) in [6.07, 6.45) is -3.58. The van der Waals surface area contributed by atoms with E-state index < -0.39 is 12.0 Å². The van der Waals surface area contributed by atoms with Gasteiger partial charge in [0.05, 0.1) is 6.04 Å². The van der Waals surface area contributed by atoms with Gasteiger partial charge in [-0.3, -0.25) is 0 Å². The van der Waals surface area contributed by atoms with Crippen LogP contribution in [0.25, 0.3) is 0 Å². The van der Waals surface area contributed by atoms with Gasteiger partial charge in [0.15, 0.2) is 0 Å². The van der Waals surface area contributed by atoms with Gasteiger partial charge in [0.2, 0.25) is 11.0 Å². The number of anilines is 1. The van der Waals surface area contributed by atoms with Crippen LogP contribution in [0.15, 0.2) is 0 Å². The molecule has 0 amide bonds. The van der Waals surface area contributed by atoms with Crippen LogP contribution in [0.2, 0.25) is 0 Å². The van der Waals surface area contributed by atoms with Crippen molar-refractivity contribution in [2.45, 2.75) is 25.6 Å². The van der Waals surface area contributed by atoms with Crippen LogP contribution in [0.1, 0.15) is 19.2 Å². The third kappa shape index (κ3) is 2.68. The second-order valence-corrected chi connectivity index (χ2v) is 4.63. The molecule has 0 saturated carbocycles. The minimum Gasteiger partial charge on any atom is -0.341 e. The lowest BCUT2D eigenvalue weighted by Gasteiger charge is -2.37. The summed E-state index contributed by atoms with van der Waals surface area (Å²) in [6.45, 7) is 4.28. The maximum atomic E-state index is 12.4. The lowest BCUT2D eigenvalue weighted by Crippen LogP contribution is -2.57. The van der Waals surface area contributed by atoms with E-state index in [1.54, 1.807) is 0 Å². The van der Waals surface area contributed by atoms with E-state index in [1.807, 2.05) is 11.8 Å². The molecule has 0 bridgehead atoms. The van der Waals surface area contributed by atoms with Gasteiger partial charge in [-0.2, -0.15) is 22.5 Å². The molecule has 8 heteroatoms. The first-order valence-corrected chi connectivity index (χ1v) is 6.18. The normalized spacial score (nSPS) is 16.9. The van der Waals surface area contributed by atoms with Crippen LogP contribution in [-0.2, 0) is 6.18 Å². The quantitative estimate of drug-likeness (QED) is 0.901. The molecule has 0 aromatic carbocycles. The molecule has 1 fully saturated rings. The van der Waals surface area contributed by atoms with Gasteiger partial charge < -0.3 is 10.2 Å². The summed E-state index contributed by atoms with van der Waals surface area (Å²) >= 11 is 0.819. The Hall–Kier alpha value is -0.890. The number of nitrogens with zero attached hydrogens (tertiary/aromatic N) is 3. The highest BCUT2D eigenvalue weighted by molar-refractivity contribution is 7.09. The molecule has 96 valence electrons. The van der Waals surface area contributed by atoms with E-state index in [4.69, 9.17) is 0 Å². The third-order valence-corrected chi connectivity index (χ3v) is 3.33. The highest BCUT2D eigenvalue weighted by Gasteiger charge is 2.37. The van der Waals surface area contributed by atoms with E-state index in [1.165, 1.54) is 0 Å². The molecule has 2 heterocycles. The van der Waals surface area contributed by atoms with Crippen molar-refractivity contribution in [3.05, 3.63) is 5.82 Å². The minimum atomic E-state index is -4.45. The highest BCUT2D eigenvalue weighted by atomic mass is 32.1. The van der Waals surface area contributed by atoms with E-state index >= 15 is 0 Å². The number of rotatable bonds is 4. The van der Waals surface area contributed by atoms with Crippen LogP contribution in [0, 0.1) is 0 Å². The monoisotopic (exact) mass is 266 g/mol. The maximum absolute atomic E-state index is 12.4. The fraction of sp³-hybridized carbons (Fsp3) is 0.778. The van der Waals surface area contributed by atoms with Crippen LogP contribution >= 0.6 is 11.5 Å². The van der Waals surface area contributed by atoms with Crippen LogP contribution in [-0.4, -0.2) is 35.0 Å². The Morgan fingerprint density at radius 2 is 2.18 bits per heavy atom. The van der Waals surface area contributed by atoms with E-state index in [9.17, 15) is 13.2 Å². The van der Waals surface area contributed by atoms with Crippen LogP contribution in [0.5, 0.6) is 0 Å². The van der Waals surface area contributed by atoms with Crippen molar-refractivity contribution >= 4 is 16.7 Å². The Kier molecular flexibility index (Phi) is 3.53. The SMILES string of the molecule is CCCN(c1nc(C(F)(F)F)ns1)C1CNC1. The molecule has 17 heavy (non-hydrogen) atoms. The van der Waals surface area contributed by atoms with Crippen LogP contribution in [0.3, 0.4) is 0 Å². The van der Waals surface area contributed by atoms with Gasteiger partial charge in [-0.25, -0.2) is 0 Å². The van der Waals surface area contributed by atoms with Gasteiger partial charge in [-0.15, -0.1) is 0 Å². The summed E-state index contributed by atoms with van der Waals surface area (Å²) in [6, 6.07) is 0.240. The number of alkyl halides is 3. The molecule has 1 saturated heterocycles. The van der Waals surface area contributed by atoms with Gasteiger partial charge in [0, 0.05) is 31.2 Å². The number of hydrogen-bond acceptors (Lipinski definition) is 5. The molecular formula is C9H13F3N4S. The fourth-order valence-corrected chi connectivity index (χ4v) is 2.40. The summed E-state index contributed by atoms with van der Waals surface area (Å²) in [7, 11) is 0. The van der Waals surface area contributed by atoms with Gasteiger partial charge in [0.25, 0.3) is 0 Å². The molecule has 4 nitrogen and oxygen atoms in total. The summed E-state index contributed by atoms with van der Waals surface area (Å²) in [4.78, 5) is 5.49. The standard InChI is InChI=1S/C9H13F3N4S/c1-2-3-16(6-4-13-5-6)8-14-7(15-17-8)9(10,11)12/h6,13H,2-5H2,1H3. The molecule has 0 aliphatic carbocycles. The molecule has 1 aromatic rings. The molecule has 2 rings (SSSR count). The lowest BCUT2D eigenvalue weighted by molar-refractivity contribution is -0.144. The molecule has 0 spiro atoms. The topological polar surface area (TPSA) is 41.1 Å². The van der Waals surface area contributed by atoms with Gasteiger partial charge in [-0.05, 0) is 6.42 Å². The average Bonchev–Trinajstić information content (AvgIpc) is 2.61. The van der Waals surface area contributed by atoms with E-state index in [2.05, 4.69) is 14.7 Å². The van der Waals surface area contributed by atoms with Crippen molar-refractivity contribution in [1.82, 2.24) is 14.7 Å². The third-order valence-electron chi connectivity index (χ3n) is 2.58. The summed E-state index contributed by atoms with van der Waals surface area (Å²) in [5.74, 6) is -1.04. The fourth-order valence-electron chi connectivity index (χ4n) is 1.62. The van der Waals surface area contributed by atoms with Crippen molar-refractivity contribution in [3.8, 4) is 0 Å². The Morgan fingerprint density at radius 3 is 2.59 bits per heavy atom. The molecule has 1 aliphatic heterocycles. The minimum absolute atomic E-state index is 0.240. The Morgan fingerprint density at radius 1 is 1.47 bits per heavy atom. The zero-order valence-corrected chi connectivity index (χ0v) is 10.1. The van der Waals surface area contributed by atoms with E-state index in [0.29, 0.717) is 11.7 Å². The number of nitrogens with one attached hydrogen (secondary N) is 1. The van der Waals surface area contributed by atoms with Gasteiger partial charge >= 0.3 is 6.18 Å². The maximum Gasteiger partial charge on any atom is 0.452 e. The summed E-state index contributed by atoms with van der Waals surface area (Å²) < 4.78 is 40.6. The predicted molar refractivity (Wildman–Crippen MR) is 59.2 cm³/mol. The van der Waals surface area contributed by atoms with Crippen molar-refractivity contribution in [2.24, 2.45) is 0 Å². The van der Waals surface area contributed by atoms with E-state index in [-0.39, 0.29) is 6.04 Å². The second kappa shape index (κ2) is 4.77. The second-order valence-electron chi connectivity index (χ2n) is 3.90. The average molecular weight is 266 g/mol. The summed E-state index contributed by atoms with van der Waals surface area (Å²) in [5.41, 5.74) is 0. The molecule has 1 aliphatic rings. The Bertz CT molecular complexity index is 375. The number of halogens is 3. The van der Waals surface area contributed by atoms with Crippen LogP contribution in [0.4, 0.5) is 18.3 Å². The van der Waals surface area contributed by atoms with Crippen molar-refractivity contribution in [2.75, 3.05) is 24.5 Å². The van der Waals surface area contributed by atoms with Gasteiger partial charge in [-0.1, -0.05) is 6.92 Å². The van der Waals surface area contributed by atoms with Crippen LogP contribution < -0.4 is 10.2 Å². The smallest absolute Gasteiger partial charge is 0.341 e. The first-order chi connectivity index (χ1) is 8.02. The Balaban J connectivity index is 2.15. The molecule has 1 N–H and O–H groups in total. The van der Waals surface area contributed by atoms with E-state index in [0.717, 1.165) is 31.0 Å². The zero-order chi connectivity index (χ0) is 12.5. The largest absolute Gasteiger partial charge is 0.452 e.